The third-order valence-corrected chi connectivity index (χ3v) is 4.35. The van der Waals surface area contributed by atoms with E-state index < -0.39 is 22.7 Å². The number of amides is 1. The summed E-state index contributed by atoms with van der Waals surface area (Å²) in [5.74, 6) is -0.816. The molecule has 0 fully saturated rings. The van der Waals surface area contributed by atoms with Gasteiger partial charge in [0, 0.05) is 18.0 Å². The number of rotatable bonds is 7. The first-order valence-electron chi connectivity index (χ1n) is 8.71. The maximum atomic E-state index is 13.2. The number of hydrogen-bond acceptors (Lipinski definition) is 6. The Labute approximate surface area is 175 Å². The number of anilines is 1. The molecule has 0 bridgehead atoms. The molecular weight excluding hydrogens is 415 g/mol. The number of halogens is 2. The van der Waals surface area contributed by atoms with Crippen molar-refractivity contribution in [3.8, 4) is 11.6 Å². The normalized spacial score (nSPS) is 11.6. The Morgan fingerprint density at radius 3 is 2.67 bits per heavy atom. The van der Waals surface area contributed by atoms with E-state index in [4.69, 9.17) is 22.1 Å². The van der Waals surface area contributed by atoms with E-state index in [1.54, 1.807) is 24.3 Å². The van der Waals surface area contributed by atoms with E-state index in [0.29, 0.717) is 11.4 Å². The zero-order valence-electron chi connectivity index (χ0n) is 15.4. The molecule has 0 spiro atoms. The second-order valence-corrected chi connectivity index (χ2v) is 6.67. The van der Waals surface area contributed by atoms with E-state index in [0.717, 1.165) is 11.6 Å². The second kappa shape index (κ2) is 9.29. The van der Waals surface area contributed by atoms with E-state index in [2.05, 4.69) is 10.3 Å². The number of benzene rings is 2. The summed E-state index contributed by atoms with van der Waals surface area (Å²) in [6.07, 6.45) is 1.62. The quantitative estimate of drug-likeness (QED) is 0.430. The number of nitrogens with two attached hydrogens (primary N) is 1. The molecule has 30 heavy (non-hydrogen) atoms. The average Bonchev–Trinajstić information content (AvgIpc) is 2.72. The number of aromatic nitrogens is 1. The molecule has 0 aliphatic rings. The lowest BCUT2D eigenvalue weighted by Crippen LogP contribution is -2.37. The average molecular weight is 431 g/mol. The van der Waals surface area contributed by atoms with Crippen molar-refractivity contribution in [2.75, 3.05) is 5.32 Å². The van der Waals surface area contributed by atoms with Crippen LogP contribution in [0.25, 0.3) is 0 Å². The van der Waals surface area contributed by atoms with Gasteiger partial charge in [-0.2, -0.15) is 0 Å². The number of pyridine rings is 1. The Balaban J connectivity index is 1.61. The summed E-state index contributed by atoms with van der Waals surface area (Å²) in [4.78, 5) is 26.6. The highest BCUT2D eigenvalue weighted by molar-refractivity contribution is 6.31. The topological polar surface area (TPSA) is 120 Å². The van der Waals surface area contributed by atoms with E-state index in [1.807, 2.05) is 0 Å². The van der Waals surface area contributed by atoms with Crippen molar-refractivity contribution >= 4 is 28.9 Å². The van der Waals surface area contributed by atoms with Gasteiger partial charge in [0.2, 0.25) is 5.91 Å². The summed E-state index contributed by atoms with van der Waals surface area (Å²) < 4.78 is 18.7. The van der Waals surface area contributed by atoms with Crippen molar-refractivity contribution in [1.29, 1.82) is 0 Å². The molecule has 1 aromatic heterocycles. The predicted octanol–water partition coefficient (Wildman–Crippen LogP) is 4.08. The first-order chi connectivity index (χ1) is 14.3. The summed E-state index contributed by atoms with van der Waals surface area (Å²) in [6, 6.07) is 12.3. The fourth-order valence-electron chi connectivity index (χ4n) is 2.56. The van der Waals surface area contributed by atoms with Crippen LogP contribution in [0.15, 0.2) is 60.8 Å². The van der Waals surface area contributed by atoms with Gasteiger partial charge in [-0.25, -0.2) is 9.37 Å². The molecule has 1 heterocycles. The molecular formula is C20H16ClFN4O4. The number of carbonyl (C=O) groups is 1. The zero-order valence-corrected chi connectivity index (χ0v) is 16.2. The van der Waals surface area contributed by atoms with Gasteiger partial charge >= 0.3 is 5.69 Å². The fourth-order valence-corrected chi connectivity index (χ4v) is 2.74. The van der Waals surface area contributed by atoms with Crippen LogP contribution in [0.1, 0.15) is 5.56 Å². The fraction of sp³-hybridized carbons (Fsp3) is 0.100. The van der Waals surface area contributed by atoms with Gasteiger partial charge in [0.25, 0.3) is 5.88 Å². The summed E-state index contributed by atoms with van der Waals surface area (Å²) >= 11 is 5.70. The minimum Gasteiger partial charge on any atom is -0.434 e. The molecule has 2 aromatic carbocycles. The smallest absolute Gasteiger partial charge is 0.331 e. The standard InChI is InChI=1S/C20H16ClFN4O4/c21-15-11-13(5-8-16(15)22)25-19(27)17(23)10-12-3-6-14(7-4-12)30-20-18(26(28)29)2-1-9-24-20/h1-9,11,17H,10,23H2,(H,25,27)/t17-/m0/s1. The van der Waals surface area contributed by atoms with Crippen molar-refractivity contribution in [1.82, 2.24) is 4.98 Å². The van der Waals surface area contributed by atoms with Gasteiger partial charge in [0.15, 0.2) is 0 Å². The highest BCUT2D eigenvalue weighted by Gasteiger charge is 2.17. The lowest BCUT2D eigenvalue weighted by Gasteiger charge is -2.13. The predicted molar refractivity (Wildman–Crippen MR) is 109 cm³/mol. The Kier molecular flexibility index (Phi) is 6.55. The molecule has 0 aliphatic heterocycles. The van der Waals surface area contributed by atoms with Crippen molar-refractivity contribution in [3.63, 3.8) is 0 Å². The van der Waals surface area contributed by atoms with E-state index in [1.165, 1.54) is 30.5 Å². The van der Waals surface area contributed by atoms with Crippen molar-refractivity contribution in [2.45, 2.75) is 12.5 Å². The number of ether oxygens (including phenoxy) is 1. The summed E-state index contributed by atoms with van der Waals surface area (Å²) in [5.41, 5.74) is 6.78. The van der Waals surface area contributed by atoms with Crippen molar-refractivity contribution in [3.05, 3.63) is 87.3 Å². The van der Waals surface area contributed by atoms with Crippen LogP contribution in [0, 0.1) is 15.9 Å². The molecule has 154 valence electrons. The van der Waals surface area contributed by atoms with Crippen LogP contribution in [0.5, 0.6) is 11.6 Å². The minimum absolute atomic E-state index is 0.106. The first-order valence-corrected chi connectivity index (χ1v) is 9.09. The second-order valence-electron chi connectivity index (χ2n) is 6.26. The number of carbonyl (C=O) groups excluding carboxylic acids is 1. The highest BCUT2D eigenvalue weighted by Crippen LogP contribution is 2.28. The van der Waals surface area contributed by atoms with E-state index >= 15 is 0 Å². The van der Waals surface area contributed by atoms with Gasteiger partial charge in [-0.3, -0.25) is 14.9 Å². The van der Waals surface area contributed by atoms with Gasteiger partial charge < -0.3 is 15.8 Å². The molecule has 0 unspecified atom stereocenters. The molecule has 1 amide bonds. The van der Waals surface area contributed by atoms with Gasteiger partial charge in [-0.15, -0.1) is 0 Å². The van der Waals surface area contributed by atoms with Crippen LogP contribution in [-0.4, -0.2) is 21.9 Å². The maximum Gasteiger partial charge on any atom is 0.331 e. The third-order valence-electron chi connectivity index (χ3n) is 4.07. The summed E-state index contributed by atoms with van der Waals surface area (Å²) in [6.45, 7) is 0. The minimum atomic E-state index is -0.863. The number of nitrogens with zero attached hydrogens (tertiary/aromatic N) is 2. The monoisotopic (exact) mass is 430 g/mol. The molecule has 0 aliphatic carbocycles. The van der Waals surface area contributed by atoms with Crippen molar-refractivity contribution < 1.29 is 18.8 Å². The Morgan fingerprint density at radius 1 is 1.27 bits per heavy atom. The lowest BCUT2D eigenvalue weighted by atomic mass is 10.1. The molecule has 10 heteroatoms. The van der Waals surface area contributed by atoms with Crippen LogP contribution in [0.4, 0.5) is 15.8 Å². The van der Waals surface area contributed by atoms with E-state index in [9.17, 15) is 19.3 Å². The molecule has 3 N–H and O–H groups in total. The Morgan fingerprint density at radius 2 is 2.00 bits per heavy atom. The first kappa shape index (κ1) is 21.2. The summed E-state index contributed by atoms with van der Waals surface area (Å²) in [7, 11) is 0. The van der Waals surface area contributed by atoms with Gasteiger partial charge in [-0.05, 0) is 48.4 Å². The number of nitro groups is 1. The molecule has 3 aromatic rings. The Hall–Kier alpha value is -3.56. The largest absolute Gasteiger partial charge is 0.434 e. The molecule has 1 atom stereocenters. The number of nitrogens with one attached hydrogen (secondary N) is 1. The molecule has 3 rings (SSSR count). The third kappa shape index (κ3) is 5.28. The van der Waals surface area contributed by atoms with E-state index in [-0.39, 0.29) is 23.0 Å². The molecule has 8 nitrogen and oxygen atoms in total. The van der Waals surface area contributed by atoms with Crippen LogP contribution in [0.2, 0.25) is 5.02 Å². The van der Waals surface area contributed by atoms with Crippen LogP contribution >= 0.6 is 11.6 Å². The number of hydrogen-bond donors (Lipinski definition) is 2. The summed E-state index contributed by atoms with van der Waals surface area (Å²) in [5, 5.41) is 13.5. The SMILES string of the molecule is N[C@@H](Cc1ccc(Oc2ncccc2[N+](=O)[O-])cc1)C(=O)Nc1ccc(F)c(Cl)c1. The molecule has 0 radical (unpaired) electrons. The maximum absolute atomic E-state index is 13.2. The van der Waals surface area contributed by atoms with Crippen LogP contribution in [-0.2, 0) is 11.2 Å². The zero-order chi connectivity index (χ0) is 21.7. The van der Waals surface area contributed by atoms with Crippen LogP contribution in [0.3, 0.4) is 0 Å². The molecule has 0 saturated carbocycles. The van der Waals surface area contributed by atoms with Gasteiger partial charge in [0.05, 0.1) is 16.0 Å². The Bertz CT molecular complexity index is 1080. The molecule has 0 saturated heterocycles. The lowest BCUT2D eigenvalue weighted by molar-refractivity contribution is -0.386. The van der Waals surface area contributed by atoms with Crippen molar-refractivity contribution in [2.24, 2.45) is 5.73 Å². The van der Waals surface area contributed by atoms with Crippen LogP contribution < -0.4 is 15.8 Å². The highest BCUT2D eigenvalue weighted by atomic mass is 35.5. The van der Waals surface area contributed by atoms with Gasteiger partial charge in [-0.1, -0.05) is 23.7 Å². The van der Waals surface area contributed by atoms with Gasteiger partial charge in [0.1, 0.15) is 11.6 Å².